The Bertz CT molecular complexity index is 4160. The fourth-order valence-corrected chi connectivity index (χ4v) is 20.0. The molecule has 0 aliphatic rings. The quantitative estimate of drug-likeness (QED) is 0.0225. The lowest BCUT2D eigenvalue weighted by Gasteiger charge is -2.37. The molecule has 0 unspecified atom stereocenters. The summed E-state index contributed by atoms with van der Waals surface area (Å²) in [5.41, 5.74) is 13.8. The number of thioether (sulfide) groups is 4. The van der Waals surface area contributed by atoms with Crippen molar-refractivity contribution in [3.8, 4) is 0 Å². The second-order valence-corrected chi connectivity index (χ2v) is 34.6. The van der Waals surface area contributed by atoms with Crippen LogP contribution in [-0.2, 0) is 38.1 Å². The van der Waals surface area contributed by atoms with E-state index in [2.05, 4.69) is 380 Å². The fraction of sp³-hybridized carbons (Fsp3) is 0.240. The number of carboxylic acid groups (broad SMARTS) is 1. The molecule has 0 fully saturated rings. The van der Waals surface area contributed by atoms with Crippen molar-refractivity contribution in [2.45, 2.75) is 84.6 Å². The maximum Gasteiger partial charge on any atom is 0.407 e. The van der Waals surface area contributed by atoms with Crippen molar-refractivity contribution < 1.29 is 33.8 Å². The number of carboxylic acids is 1. The van der Waals surface area contributed by atoms with Gasteiger partial charge in [-0.3, -0.25) is 9.59 Å². The highest BCUT2D eigenvalue weighted by Gasteiger charge is 2.41. The Kier molecular flexibility index (Phi) is 33.1. The molecule has 115 heavy (non-hydrogen) atoms. The van der Waals surface area contributed by atoms with Gasteiger partial charge in [-0.05, 0) is 108 Å². The van der Waals surface area contributed by atoms with Gasteiger partial charge in [-0.25, -0.2) is 9.59 Å². The van der Waals surface area contributed by atoms with Crippen LogP contribution in [0.2, 0.25) is 0 Å². The largest absolute Gasteiger partial charge is 0.481 e. The summed E-state index contributed by atoms with van der Waals surface area (Å²) >= 11 is 7.72. The Hall–Kier alpha value is -10.5. The summed E-state index contributed by atoms with van der Waals surface area (Å²) < 4.78 is 8.74. The zero-order valence-electron chi connectivity index (χ0n) is 66.6. The number of amides is 3. The van der Waals surface area contributed by atoms with Crippen LogP contribution < -0.4 is 16.0 Å². The van der Waals surface area contributed by atoms with Gasteiger partial charge >= 0.3 is 18.2 Å². The van der Waals surface area contributed by atoms with E-state index in [1.165, 1.54) is 66.8 Å². The molecule has 0 saturated carbocycles. The molecule has 15 heteroatoms. The third-order valence-corrected chi connectivity index (χ3v) is 25.2. The predicted molar refractivity (Wildman–Crippen MR) is 481 cm³/mol. The molecule has 12 rings (SSSR count). The first-order valence-corrected chi connectivity index (χ1v) is 43.2. The topological polar surface area (TPSA) is 146 Å². The van der Waals surface area contributed by atoms with Crippen molar-refractivity contribution in [1.29, 1.82) is 0 Å². The monoisotopic (exact) mass is 1600 g/mol. The number of nitrogens with one attached hydrogen (secondary N) is 3. The van der Waals surface area contributed by atoms with Gasteiger partial charge in [0.2, 0.25) is 5.91 Å². The lowest BCUT2D eigenvalue weighted by atomic mass is 9.84. The number of ether oxygens (including phenoxy) is 2. The van der Waals surface area contributed by atoms with Crippen molar-refractivity contribution >= 4 is 71.1 Å². The molecule has 0 aliphatic carbocycles. The maximum absolute atomic E-state index is 14.3. The number of aliphatic carboxylic acids is 1. The Labute approximate surface area is 698 Å². The van der Waals surface area contributed by atoms with Crippen molar-refractivity contribution in [3.63, 3.8) is 0 Å². The van der Waals surface area contributed by atoms with E-state index in [0.29, 0.717) is 24.6 Å². The van der Waals surface area contributed by atoms with Crippen LogP contribution in [0.5, 0.6) is 0 Å². The van der Waals surface area contributed by atoms with Crippen LogP contribution in [0.25, 0.3) is 0 Å². The smallest absolute Gasteiger partial charge is 0.407 e. The third-order valence-electron chi connectivity index (χ3n) is 19.1. The number of nitrogens with zero attached hydrogens (tertiary/aromatic N) is 1. The van der Waals surface area contributed by atoms with E-state index in [1.54, 1.807) is 20.8 Å². The van der Waals surface area contributed by atoms with E-state index in [9.17, 15) is 19.2 Å². The highest BCUT2D eigenvalue weighted by molar-refractivity contribution is 8.01. The Balaban J connectivity index is 0.000000214. The normalized spacial score (nSPS) is 11.6. The summed E-state index contributed by atoms with van der Waals surface area (Å²) in [5, 5.41) is 17.2. The zero-order chi connectivity index (χ0) is 81.1. The number of hydrogen-bond donors (Lipinski definition) is 4. The van der Waals surface area contributed by atoms with E-state index in [1.807, 2.05) is 72.7 Å². The first kappa shape index (κ1) is 86.9. The molecule has 0 spiro atoms. The molecule has 4 N–H and O–H groups in total. The molecule has 0 atom stereocenters. The van der Waals surface area contributed by atoms with Crippen LogP contribution in [-0.4, -0.2) is 108 Å². The SMILES string of the molecule is CC(C)(C)OC(=O)NCCC(=O)N(CCSC(c1ccccc1)(c1ccccc1)c1ccccc1)CCSC(c1ccccc1)(c1ccccc1)c1ccccc1.CC(C)(C)OC(=O)NCCC(=O)O.c1ccc(C(SCCNCCSC(c2ccccc2)(c2ccccc2)c2ccccc2)(c2ccccc2)c2ccccc2)cc1. The summed E-state index contributed by atoms with van der Waals surface area (Å²) in [4.78, 5) is 49.7. The van der Waals surface area contributed by atoms with E-state index in [0.717, 1.165) is 24.6 Å². The Morgan fingerprint density at radius 2 is 0.461 bits per heavy atom. The lowest BCUT2D eigenvalue weighted by Crippen LogP contribution is -2.39. The zero-order valence-corrected chi connectivity index (χ0v) is 69.9. The number of hydrogen-bond acceptors (Lipinski definition) is 11. The van der Waals surface area contributed by atoms with Crippen molar-refractivity contribution in [3.05, 3.63) is 431 Å². The Morgan fingerprint density at radius 1 is 0.278 bits per heavy atom. The van der Waals surface area contributed by atoms with E-state index in [4.69, 9.17) is 14.6 Å². The highest BCUT2D eigenvalue weighted by atomic mass is 32.2. The van der Waals surface area contributed by atoms with Gasteiger partial charge in [0.05, 0.1) is 25.4 Å². The van der Waals surface area contributed by atoms with Gasteiger partial charge < -0.3 is 35.4 Å². The van der Waals surface area contributed by atoms with Crippen LogP contribution >= 0.6 is 47.0 Å². The molecule has 0 radical (unpaired) electrons. The van der Waals surface area contributed by atoms with Crippen LogP contribution in [0.4, 0.5) is 9.59 Å². The average Bonchev–Trinajstić information content (AvgIpc) is 0.778. The van der Waals surface area contributed by atoms with Crippen LogP contribution in [0.1, 0.15) is 121 Å². The maximum atomic E-state index is 14.3. The minimum absolute atomic E-state index is 0.0123. The standard InChI is InChI=1S/C50H52N2O3S2.C42H39NS2.C8H15NO4/c1-48(2,3)55-47(54)51-35-34-46(53)52(36-38-56-49(40-22-10-4-11-23-40,41-24-12-5-13-25-41)42-26-14-6-15-27-42)37-39-57-50(43-28-16-7-17-29-43,44-30-18-8-19-31-44)45-32-20-9-21-33-45;1-7-19-35(20-8-1)41(36-21-9-2-10-22-36,37-23-11-3-12-24-37)44-33-31-43-32-34-45-42(38-25-13-4-14-26-38,39-27-15-5-16-28-39)40-29-17-6-18-30-40;1-8(2,3)13-7(12)9-5-4-6(10)11/h4-33H,34-39H2,1-3H3,(H,51,54);1-30,43H,31-34H2;4-5H2,1-3H3,(H,9,12)(H,10,11). The number of carbonyl (C=O) groups is 4. The van der Waals surface area contributed by atoms with E-state index >= 15 is 0 Å². The summed E-state index contributed by atoms with van der Waals surface area (Å²) in [5.74, 6) is 2.35. The summed E-state index contributed by atoms with van der Waals surface area (Å²) in [6.07, 6.45) is -1.05. The third kappa shape index (κ3) is 24.3. The fourth-order valence-electron chi connectivity index (χ4n) is 14.1. The molecule has 0 saturated heterocycles. The molecular formula is C100H106N4O7S4. The molecule has 11 nitrogen and oxygen atoms in total. The first-order valence-electron chi connectivity index (χ1n) is 39.2. The minimum atomic E-state index is -0.948. The van der Waals surface area contributed by atoms with E-state index < -0.39 is 38.9 Å². The molecule has 0 heterocycles. The van der Waals surface area contributed by atoms with Gasteiger partial charge in [0.15, 0.2) is 0 Å². The van der Waals surface area contributed by atoms with Gasteiger partial charge in [0, 0.05) is 68.7 Å². The average molecular weight is 1600 g/mol. The highest BCUT2D eigenvalue weighted by Crippen LogP contribution is 2.52. The van der Waals surface area contributed by atoms with Gasteiger partial charge in [0.1, 0.15) is 11.2 Å². The number of rotatable bonds is 34. The van der Waals surface area contributed by atoms with Crippen LogP contribution in [0.3, 0.4) is 0 Å². The second-order valence-electron chi connectivity index (χ2n) is 29.4. The number of carbonyl (C=O) groups excluding carboxylic acids is 3. The molecule has 0 aliphatic heterocycles. The van der Waals surface area contributed by atoms with Crippen molar-refractivity contribution in [2.24, 2.45) is 0 Å². The number of alkyl carbamates (subject to hydrolysis) is 2. The molecule has 0 aromatic heterocycles. The van der Waals surface area contributed by atoms with Gasteiger partial charge in [-0.1, -0.05) is 364 Å². The van der Waals surface area contributed by atoms with Crippen LogP contribution in [0.15, 0.2) is 364 Å². The van der Waals surface area contributed by atoms with Crippen molar-refractivity contribution in [2.75, 3.05) is 62.3 Å². The van der Waals surface area contributed by atoms with Crippen molar-refractivity contribution in [1.82, 2.24) is 20.9 Å². The predicted octanol–water partition coefficient (Wildman–Crippen LogP) is 22.2. The summed E-state index contributed by atoms with van der Waals surface area (Å²) in [6, 6.07) is 130. The summed E-state index contributed by atoms with van der Waals surface area (Å²) in [7, 11) is 0. The molecule has 12 aromatic rings. The molecular weight excluding hydrogens is 1500 g/mol. The molecule has 3 amide bonds. The van der Waals surface area contributed by atoms with E-state index in [-0.39, 0.29) is 41.3 Å². The summed E-state index contributed by atoms with van der Waals surface area (Å²) in [6.45, 7) is 13.9. The lowest BCUT2D eigenvalue weighted by molar-refractivity contribution is -0.137. The first-order chi connectivity index (χ1) is 55.9. The van der Waals surface area contributed by atoms with Gasteiger partial charge in [0.25, 0.3) is 0 Å². The molecule has 592 valence electrons. The molecule has 0 bridgehead atoms. The van der Waals surface area contributed by atoms with Gasteiger partial charge in [-0.15, -0.1) is 47.0 Å². The van der Waals surface area contributed by atoms with Crippen LogP contribution in [0, 0.1) is 0 Å². The second kappa shape index (κ2) is 43.8. The molecule has 12 aromatic carbocycles. The minimum Gasteiger partial charge on any atom is -0.481 e. The van der Waals surface area contributed by atoms with Gasteiger partial charge in [-0.2, -0.15) is 0 Å². The Morgan fingerprint density at radius 3 is 0.643 bits per heavy atom. The number of benzene rings is 12.